The summed E-state index contributed by atoms with van der Waals surface area (Å²) in [6.45, 7) is 3.42. The van der Waals surface area contributed by atoms with Crippen LogP contribution in [0, 0.1) is 11.8 Å². The van der Waals surface area contributed by atoms with Gasteiger partial charge in [-0.25, -0.2) is 4.98 Å². The zero-order chi connectivity index (χ0) is 12.7. The minimum absolute atomic E-state index is 0.789. The van der Waals surface area contributed by atoms with E-state index >= 15 is 0 Å². The zero-order valence-corrected chi connectivity index (χ0v) is 10.9. The molecule has 0 bridgehead atoms. The van der Waals surface area contributed by atoms with E-state index in [1.54, 1.807) is 0 Å². The third-order valence-corrected chi connectivity index (χ3v) is 3.87. The second-order valence-corrected chi connectivity index (χ2v) is 5.48. The van der Waals surface area contributed by atoms with Gasteiger partial charge >= 0.3 is 0 Å². The SMILES string of the molecule is CC1CC1CN(C)c1ccc2cc(N)ccc2n1. The first-order chi connectivity index (χ1) is 8.63. The quantitative estimate of drug-likeness (QED) is 0.840. The standard InChI is InChI=1S/C15H19N3/c1-10-7-12(10)9-18(2)15-6-3-11-8-13(16)4-5-14(11)17-15/h3-6,8,10,12H,7,9,16H2,1-2H3. The summed E-state index contributed by atoms with van der Waals surface area (Å²) in [5, 5.41) is 1.10. The molecule has 1 aliphatic rings. The number of aromatic nitrogens is 1. The lowest BCUT2D eigenvalue weighted by Gasteiger charge is -2.18. The topological polar surface area (TPSA) is 42.1 Å². The Hall–Kier alpha value is -1.77. The van der Waals surface area contributed by atoms with Crippen LogP contribution < -0.4 is 10.6 Å². The van der Waals surface area contributed by atoms with Crippen LogP contribution in [0.25, 0.3) is 10.9 Å². The number of hydrogen-bond donors (Lipinski definition) is 1. The fraction of sp³-hybridized carbons (Fsp3) is 0.400. The van der Waals surface area contributed by atoms with Gasteiger partial charge in [0, 0.05) is 24.7 Å². The van der Waals surface area contributed by atoms with Gasteiger partial charge in [-0.15, -0.1) is 0 Å². The minimum atomic E-state index is 0.789. The van der Waals surface area contributed by atoms with Crippen LogP contribution in [0.15, 0.2) is 30.3 Å². The second-order valence-electron chi connectivity index (χ2n) is 5.48. The van der Waals surface area contributed by atoms with E-state index in [2.05, 4.69) is 31.0 Å². The highest BCUT2D eigenvalue weighted by Crippen LogP contribution is 2.38. The molecule has 0 spiro atoms. The molecule has 0 amide bonds. The van der Waals surface area contributed by atoms with Gasteiger partial charge in [0.25, 0.3) is 0 Å². The molecular formula is C15H19N3. The van der Waals surface area contributed by atoms with Crippen LogP contribution in [0.3, 0.4) is 0 Å². The lowest BCUT2D eigenvalue weighted by molar-refractivity contribution is 0.720. The van der Waals surface area contributed by atoms with Crippen molar-refractivity contribution >= 4 is 22.4 Å². The molecule has 1 aromatic carbocycles. The summed E-state index contributed by atoms with van der Waals surface area (Å²) >= 11 is 0. The fourth-order valence-electron chi connectivity index (χ4n) is 2.44. The number of benzene rings is 1. The van der Waals surface area contributed by atoms with Crippen LogP contribution in [0.4, 0.5) is 11.5 Å². The Kier molecular flexibility index (Phi) is 2.62. The molecule has 2 atom stereocenters. The number of pyridine rings is 1. The third-order valence-electron chi connectivity index (χ3n) is 3.87. The first kappa shape index (κ1) is 11.3. The van der Waals surface area contributed by atoms with Crippen molar-refractivity contribution in [3.05, 3.63) is 30.3 Å². The molecule has 0 radical (unpaired) electrons. The van der Waals surface area contributed by atoms with E-state index in [0.29, 0.717) is 0 Å². The number of fused-ring (bicyclic) bond motifs is 1. The highest BCUT2D eigenvalue weighted by Gasteiger charge is 2.33. The van der Waals surface area contributed by atoms with Gasteiger partial charge in [0.2, 0.25) is 0 Å². The molecule has 2 aromatic rings. The van der Waals surface area contributed by atoms with Crippen LogP contribution >= 0.6 is 0 Å². The first-order valence-electron chi connectivity index (χ1n) is 6.51. The summed E-state index contributed by atoms with van der Waals surface area (Å²) in [7, 11) is 2.12. The highest BCUT2D eigenvalue weighted by molar-refractivity contribution is 5.83. The Morgan fingerprint density at radius 3 is 2.83 bits per heavy atom. The molecule has 2 unspecified atom stereocenters. The van der Waals surface area contributed by atoms with Crippen molar-refractivity contribution in [2.45, 2.75) is 13.3 Å². The molecule has 0 aliphatic heterocycles. The van der Waals surface area contributed by atoms with Gasteiger partial charge in [0.1, 0.15) is 5.82 Å². The van der Waals surface area contributed by atoms with Crippen molar-refractivity contribution in [3.8, 4) is 0 Å². The average Bonchev–Trinajstić information content (AvgIpc) is 3.04. The Morgan fingerprint density at radius 1 is 1.33 bits per heavy atom. The molecule has 1 aliphatic carbocycles. The predicted octanol–water partition coefficient (Wildman–Crippen LogP) is 2.91. The third kappa shape index (κ3) is 2.13. The lowest BCUT2D eigenvalue weighted by Crippen LogP contribution is -2.21. The maximum absolute atomic E-state index is 5.77. The number of hydrogen-bond acceptors (Lipinski definition) is 3. The van der Waals surface area contributed by atoms with Gasteiger partial charge in [0.15, 0.2) is 0 Å². The van der Waals surface area contributed by atoms with E-state index in [1.807, 2.05) is 18.2 Å². The Morgan fingerprint density at radius 2 is 2.11 bits per heavy atom. The highest BCUT2D eigenvalue weighted by atomic mass is 15.2. The molecule has 1 aromatic heterocycles. The largest absolute Gasteiger partial charge is 0.399 e. The van der Waals surface area contributed by atoms with Gasteiger partial charge < -0.3 is 10.6 Å². The number of nitrogens with two attached hydrogens (primary N) is 1. The van der Waals surface area contributed by atoms with Crippen molar-refractivity contribution in [1.29, 1.82) is 0 Å². The minimum Gasteiger partial charge on any atom is -0.399 e. The van der Waals surface area contributed by atoms with E-state index in [1.165, 1.54) is 6.42 Å². The van der Waals surface area contributed by atoms with Crippen LogP contribution in [-0.2, 0) is 0 Å². The fourth-order valence-corrected chi connectivity index (χ4v) is 2.44. The van der Waals surface area contributed by atoms with Gasteiger partial charge in [-0.2, -0.15) is 0 Å². The number of nitrogen functional groups attached to an aromatic ring is 1. The van der Waals surface area contributed by atoms with Crippen molar-refractivity contribution in [2.24, 2.45) is 11.8 Å². The van der Waals surface area contributed by atoms with Crippen LogP contribution in [0.1, 0.15) is 13.3 Å². The summed E-state index contributed by atoms with van der Waals surface area (Å²) in [6, 6.07) is 10.0. The molecule has 3 heteroatoms. The zero-order valence-electron chi connectivity index (χ0n) is 10.9. The van der Waals surface area contributed by atoms with Crippen LogP contribution in [0.5, 0.6) is 0 Å². The van der Waals surface area contributed by atoms with Crippen molar-refractivity contribution in [1.82, 2.24) is 4.98 Å². The summed E-state index contributed by atoms with van der Waals surface area (Å²) in [6.07, 6.45) is 1.36. The molecule has 3 nitrogen and oxygen atoms in total. The van der Waals surface area contributed by atoms with Crippen molar-refractivity contribution in [3.63, 3.8) is 0 Å². The lowest BCUT2D eigenvalue weighted by atomic mass is 10.2. The molecule has 2 N–H and O–H groups in total. The number of rotatable bonds is 3. The summed E-state index contributed by atoms with van der Waals surface area (Å²) < 4.78 is 0. The van der Waals surface area contributed by atoms with E-state index in [0.717, 1.165) is 40.8 Å². The van der Waals surface area contributed by atoms with E-state index in [-0.39, 0.29) is 0 Å². The summed E-state index contributed by atoms with van der Waals surface area (Å²) in [5.41, 5.74) is 7.57. The van der Waals surface area contributed by atoms with Gasteiger partial charge in [-0.1, -0.05) is 6.92 Å². The van der Waals surface area contributed by atoms with Gasteiger partial charge in [-0.3, -0.25) is 0 Å². The molecule has 1 fully saturated rings. The number of nitrogens with zero attached hydrogens (tertiary/aromatic N) is 2. The van der Waals surface area contributed by atoms with Gasteiger partial charge in [-0.05, 0) is 48.6 Å². The van der Waals surface area contributed by atoms with Crippen molar-refractivity contribution < 1.29 is 0 Å². The smallest absolute Gasteiger partial charge is 0.128 e. The second kappa shape index (κ2) is 4.16. The Bertz CT molecular complexity index is 579. The summed E-state index contributed by atoms with van der Waals surface area (Å²) in [4.78, 5) is 6.95. The predicted molar refractivity (Wildman–Crippen MR) is 76.7 cm³/mol. The summed E-state index contributed by atoms with van der Waals surface area (Å²) in [5.74, 6) is 2.78. The van der Waals surface area contributed by atoms with E-state index < -0.39 is 0 Å². The van der Waals surface area contributed by atoms with Crippen molar-refractivity contribution in [2.75, 3.05) is 24.2 Å². The Labute approximate surface area is 108 Å². The normalized spacial score (nSPS) is 22.1. The van der Waals surface area contributed by atoms with E-state index in [4.69, 9.17) is 10.7 Å². The molecule has 1 heterocycles. The molecule has 3 rings (SSSR count). The Balaban J connectivity index is 1.85. The molecule has 94 valence electrons. The van der Waals surface area contributed by atoms with Crippen LogP contribution in [-0.4, -0.2) is 18.6 Å². The van der Waals surface area contributed by atoms with E-state index in [9.17, 15) is 0 Å². The molecule has 0 saturated heterocycles. The first-order valence-corrected chi connectivity index (χ1v) is 6.51. The maximum atomic E-state index is 5.77. The van der Waals surface area contributed by atoms with Gasteiger partial charge in [0.05, 0.1) is 5.52 Å². The average molecular weight is 241 g/mol. The number of anilines is 2. The molecular weight excluding hydrogens is 222 g/mol. The molecule has 18 heavy (non-hydrogen) atoms. The van der Waals surface area contributed by atoms with Crippen LogP contribution in [0.2, 0.25) is 0 Å². The monoisotopic (exact) mass is 241 g/mol. The maximum Gasteiger partial charge on any atom is 0.128 e. The molecule has 1 saturated carbocycles.